The van der Waals surface area contributed by atoms with Crippen molar-refractivity contribution in [1.29, 1.82) is 0 Å². The van der Waals surface area contributed by atoms with Crippen molar-refractivity contribution in [3.8, 4) is 5.75 Å². The summed E-state index contributed by atoms with van der Waals surface area (Å²) >= 11 is 0. The van der Waals surface area contributed by atoms with E-state index in [4.69, 9.17) is 4.74 Å². The predicted molar refractivity (Wildman–Crippen MR) is 97.1 cm³/mol. The van der Waals surface area contributed by atoms with Gasteiger partial charge in [-0.15, -0.1) is 0 Å². The van der Waals surface area contributed by atoms with E-state index in [0.717, 1.165) is 11.3 Å². The van der Waals surface area contributed by atoms with Crippen molar-refractivity contribution in [2.75, 3.05) is 18.5 Å². The molecule has 7 heteroatoms. The molecular formula is C19H22FN3O3. The number of benzene rings is 2. The van der Waals surface area contributed by atoms with E-state index in [0.29, 0.717) is 12.2 Å². The van der Waals surface area contributed by atoms with Gasteiger partial charge in [-0.2, -0.15) is 0 Å². The number of hydrogen-bond acceptors (Lipinski definition) is 4. The molecule has 2 amide bonds. The van der Waals surface area contributed by atoms with Gasteiger partial charge in [0, 0.05) is 18.2 Å². The Morgan fingerprint density at radius 1 is 1.04 bits per heavy atom. The Hall–Kier alpha value is -3.09. The quantitative estimate of drug-likeness (QED) is 0.500. The van der Waals surface area contributed by atoms with Crippen molar-refractivity contribution >= 4 is 17.5 Å². The largest absolute Gasteiger partial charge is 0.493 e. The lowest BCUT2D eigenvalue weighted by Crippen LogP contribution is -2.44. The summed E-state index contributed by atoms with van der Waals surface area (Å²) in [5.74, 6) is -0.630. The standard InChI is InChI=1S/C19H22FN3O3/c1-14-7-9-16(10-8-14)21-13-19(25)23-22-18(24)6-3-11-26-17-5-2-4-15(20)12-17/h2,4-5,7-10,12,21H,3,6,11,13H2,1H3,(H,22,24)(H,23,25). The number of hydrazine groups is 1. The minimum absolute atomic E-state index is 0.0476. The maximum Gasteiger partial charge on any atom is 0.257 e. The Balaban J connectivity index is 1.56. The summed E-state index contributed by atoms with van der Waals surface area (Å²) < 4.78 is 18.3. The number of rotatable bonds is 8. The van der Waals surface area contributed by atoms with Crippen molar-refractivity contribution in [2.45, 2.75) is 19.8 Å². The Bertz CT molecular complexity index is 735. The number of amides is 2. The first kappa shape index (κ1) is 19.2. The van der Waals surface area contributed by atoms with Crippen LogP contribution in [0.3, 0.4) is 0 Å². The summed E-state index contributed by atoms with van der Waals surface area (Å²) in [5, 5.41) is 2.96. The predicted octanol–water partition coefficient (Wildman–Crippen LogP) is 2.55. The highest BCUT2D eigenvalue weighted by molar-refractivity contribution is 5.84. The topological polar surface area (TPSA) is 79.5 Å². The molecule has 0 spiro atoms. The van der Waals surface area contributed by atoms with Crippen molar-refractivity contribution in [2.24, 2.45) is 0 Å². The summed E-state index contributed by atoms with van der Waals surface area (Å²) in [6, 6.07) is 13.4. The van der Waals surface area contributed by atoms with E-state index >= 15 is 0 Å². The highest BCUT2D eigenvalue weighted by Crippen LogP contribution is 2.12. The van der Waals surface area contributed by atoms with Crippen molar-refractivity contribution < 1.29 is 18.7 Å². The van der Waals surface area contributed by atoms with Gasteiger partial charge < -0.3 is 10.1 Å². The molecule has 0 heterocycles. The smallest absolute Gasteiger partial charge is 0.257 e. The minimum atomic E-state index is -0.373. The van der Waals surface area contributed by atoms with Crippen LogP contribution in [0.5, 0.6) is 5.75 Å². The molecule has 0 radical (unpaired) electrons. The zero-order valence-corrected chi connectivity index (χ0v) is 14.5. The lowest BCUT2D eigenvalue weighted by Gasteiger charge is -2.10. The molecule has 0 saturated heterocycles. The van der Waals surface area contributed by atoms with E-state index in [2.05, 4.69) is 16.2 Å². The third-order valence-corrected chi connectivity index (χ3v) is 3.46. The van der Waals surface area contributed by atoms with E-state index in [1.165, 1.54) is 12.1 Å². The van der Waals surface area contributed by atoms with Crippen LogP contribution in [0.2, 0.25) is 0 Å². The van der Waals surface area contributed by atoms with E-state index in [1.54, 1.807) is 12.1 Å². The third kappa shape index (κ3) is 7.21. The molecule has 0 fully saturated rings. The number of anilines is 1. The summed E-state index contributed by atoms with van der Waals surface area (Å²) in [7, 11) is 0. The fraction of sp³-hybridized carbons (Fsp3) is 0.263. The molecule has 138 valence electrons. The van der Waals surface area contributed by atoms with Crippen LogP contribution >= 0.6 is 0 Å². The molecule has 0 aliphatic heterocycles. The summed E-state index contributed by atoms with van der Waals surface area (Å²) in [6.07, 6.45) is 0.626. The molecule has 26 heavy (non-hydrogen) atoms. The van der Waals surface area contributed by atoms with Gasteiger partial charge in [0.1, 0.15) is 11.6 Å². The Morgan fingerprint density at radius 2 is 1.77 bits per heavy atom. The number of carbonyl (C=O) groups is 2. The lowest BCUT2D eigenvalue weighted by molar-refractivity contribution is -0.128. The minimum Gasteiger partial charge on any atom is -0.493 e. The maximum atomic E-state index is 13.0. The van der Waals surface area contributed by atoms with Gasteiger partial charge in [0.2, 0.25) is 5.91 Å². The van der Waals surface area contributed by atoms with Crippen LogP contribution in [0.4, 0.5) is 10.1 Å². The van der Waals surface area contributed by atoms with Gasteiger partial charge in [-0.05, 0) is 37.6 Å². The van der Waals surface area contributed by atoms with Crippen LogP contribution in [0.25, 0.3) is 0 Å². The second-order valence-electron chi connectivity index (χ2n) is 5.73. The Kier molecular flexibility index (Phi) is 7.42. The molecule has 0 atom stereocenters. The summed E-state index contributed by atoms with van der Waals surface area (Å²) in [5.41, 5.74) is 6.64. The summed E-state index contributed by atoms with van der Waals surface area (Å²) in [4.78, 5) is 23.3. The molecule has 0 aliphatic rings. The summed E-state index contributed by atoms with van der Waals surface area (Å²) in [6.45, 7) is 2.31. The molecule has 6 nitrogen and oxygen atoms in total. The van der Waals surface area contributed by atoms with Crippen LogP contribution in [-0.4, -0.2) is 25.0 Å². The fourth-order valence-electron chi connectivity index (χ4n) is 2.08. The van der Waals surface area contributed by atoms with E-state index in [1.807, 2.05) is 31.2 Å². The van der Waals surface area contributed by atoms with Gasteiger partial charge in [-0.1, -0.05) is 23.8 Å². The Labute approximate surface area is 151 Å². The van der Waals surface area contributed by atoms with Crippen molar-refractivity contribution in [3.05, 3.63) is 59.9 Å². The molecule has 0 bridgehead atoms. The Morgan fingerprint density at radius 3 is 2.50 bits per heavy atom. The first-order chi connectivity index (χ1) is 12.5. The van der Waals surface area contributed by atoms with E-state index < -0.39 is 0 Å². The highest BCUT2D eigenvalue weighted by Gasteiger charge is 2.05. The third-order valence-electron chi connectivity index (χ3n) is 3.46. The molecule has 0 aromatic heterocycles. The zero-order valence-electron chi connectivity index (χ0n) is 14.5. The van der Waals surface area contributed by atoms with Crippen LogP contribution < -0.4 is 20.9 Å². The molecule has 0 saturated carbocycles. The number of hydrogen-bond donors (Lipinski definition) is 3. The number of nitrogens with one attached hydrogen (secondary N) is 3. The van der Waals surface area contributed by atoms with Crippen LogP contribution in [0.15, 0.2) is 48.5 Å². The van der Waals surface area contributed by atoms with Crippen molar-refractivity contribution in [1.82, 2.24) is 10.9 Å². The molecule has 0 unspecified atom stereocenters. The monoisotopic (exact) mass is 359 g/mol. The van der Waals surface area contributed by atoms with E-state index in [9.17, 15) is 14.0 Å². The molecule has 2 aromatic rings. The second kappa shape index (κ2) is 10.0. The zero-order chi connectivity index (χ0) is 18.8. The molecule has 3 N–H and O–H groups in total. The van der Waals surface area contributed by atoms with Gasteiger partial charge >= 0.3 is 0 Å². The molecule has 0 aliphatic carbocycles. The highest BCUT2D eigenvalue weighted by atomic mass is 19.1. The van der Waals surface area contributed by atoms with Gasteiger partial charge in [0.25, 0.3) is 5.91 Å². The molecule has 2 rings (SSSR count). The van der Waals surface area contributed by atoms with Gasteiger partial charge in [-0.3, -0.25) is 20.4 Å². The van der Waals surface area contributed by atoms with Gasteiger partial charge in [0.05, 0.1) is 13.2 Å². The first-order valence-corrected chi connectivity index (χ1v) is 8.29. The SMILES string of the molecule is Cc1ccc(NCC(=O)NNC(=O)CCCOc2cccc(F)c2)cc1. The van der Waals surface area contributed by atoms with Crippen LogP contribution in [-0.2, 0) is 9.59 Å². The lowest BCUT2D eigenvalue weighted by atomic mass is 10.2. The number of carbonyl (C=O) groups excluding carboxylic acids is 2. The number of halogens is 1. The van der Waals surface area contributed by atoms with E-state index in [-0.39, 0.29) is 37.2 Å². The molecule has 2 aromatic carbocycles. The van der Waals surface area contributed by atoms with Gasteiger partial charge in [0.15, 0.2) is 0 Å². The normalized spacial score (nSPS) is 10.1. The second-order valence-corrected chi connectivity index (χ2v) is 5.73. The first-order valence-electron chi connectivity index (χ1n) is 8.29. The van der Waals surface area contributed by atoms with Crippen LogP contribution in [0.1, 0.15) is 18.4 Å². The molecular weight excluding hydrogens is 337 g/mol. The number of ether oxygens (including phenoxy) is 1. The van der Waals surface area contributed by atoms with Gasteiger partial charge in [-0.25, -0.2) is 4.39 Å². The average molecular weight is 359 g/mol. The maximum absolute atomic E-state index is 13.0. The fourth-order valence-corrected chi connectivity index (χ4v) is 2.08. The van der Waals surface area contributed by atoms with Crippen molar-refractivity contribution in [3.63, 3.8) is 0 Å². The number of aryl methyl sites for hydroxylation is 1. The van der Waals surface area contributed by atoms with Crippen LogP contribution in [0, 0.1) is 12.7 Å². The average Bonchev–Trinajstić information content (AvgIpc) is 2.63.